The van der Waals surface area contributed by atoms with E-state index in [1.807, 2.05) is 6.92 Å². The summed E-state index contributed by atoms with van der Waals surface area (Å²) in [5.74, 6) is -0.0723. The lowest BCUT2D eigenvalue weighted by Gasteiger charge is -2.42. The molecule has 1 heterocycles. The van der Waals surface area contributed by atoms with Crippen molar-refractivity contribution in [1.29, 1.82) is 0 Å². The first kappa shape index (κ1) is 12.7. The molecule has 1 fully saturated rings. The number of carbonyl (C=O) groups excluding carboxylic acids is 2. The first-order valence-corrected chi connectivity index (χ1v) is 5.68. The van der Waals surface area contributed by atoms with E-state index in [4.69, 9.17) is 0 Å². The van der Waals surface area contributed by atoms with E-state index >= 15 is 0 Å². The number of nitrogens with one attached hydrogen (secondary N) is 1. The van der Waals surface area contributed by atoms with Crippen LogP contribution in [0.1, 0.15) is 33.6 Å². The highest BCUT2D eigenvalue weighted by Gasteiger charge is 2.43. The minimum absolute atomic E-state index is 0.0131. The van der Waals surface area contributed by atoms with Gasteiger partial charge in [0.25, 0.3) is 0 Å². The lowest BCUT2D eigenvalue weighted by atomic mass is 9.95. The standard InChI is InChI=1S/C12H20N2O2/c1-5-7-8-14-9(6-2)10(15)13-12(3,4)11(14)16/h5,9H,1,6-8H2,2-4H3,(H,13,15). The van der Waals surface area contributed by atoms with E-state index in [-0.39, 0.29) is 17.9 Å². The van der Waals surface area contributed by atoms with Crippen LogP contribution in [0.25, 0.3) is 0 Å². The molecule has 0 saturated carbocycles. The Hall–Kier alpha value is -1.32. The third kappa shape index (κ3) is 2.26. The number of hydrogen-bond acceptors (Lipinski definition) is 2. The Bertz CT molecular complexity index is 310. The van der Waals surface area contributed by atoms with Gasteiger partial charge in [0, 0.05) is 6.54 Å². The molecule has 1 aliphatic rings. The zero-order valence-corrected chi connectivity index (χ0v) is 10.2. The number of amides is 2. The molecule has 0 aromatic carbocycles. The van der Waals surface area contributed by atoms with Crippen molar-refractivity contribution < 1.29 is 9.59 Å². The minimum Gasteiger partial charge on any atom is -0.340 e. The summed E-state index contributed by atoms with van der Waals surface area (Å²) in [5, 5.41) is 2.76. The van der Waals surface area contributed by atoms with E-state index in [1.54, 1.807) is 24.8 Å². The quantitative estimate of drug-likeness (QED) is 0.726. The average Bonchev–Trinajstić information content (AvgIpc) is 2.20. The summed E-state index contributed by atoms with van der Waals surface area (Å²) in [6, 6.07) is -0.333. The molecule has 1 atom stereocenters. The van der Waals surface area contributed by atoms with Crippen molar-refractivity contribution in [3.63, 3.8) is 0 Å². The van der Waals surface area contributed by atoms with Gasteiger partial charge >= 0.3 is 0 Å². The number of carbonyl (C=O) groups is 2. The third-order valence-electron chi connectivity index (χ3n) is 2.87. The molecule has 1 saturated heterocycles. The van der Waals surface area contributed by atoms with Crippen molar-refractivity contribution in [3.8, 4) is 0 Å². The van der Waals surface area contributed by atoms with E-state index in [2.05, 4.69) is 11.9 Å². The molecule has 0 bridgehead atoms. The van der Waals surface area contributed by atoms with Gasteiger partial charge in [-0.3, -0.25) is 9.59 Å². The summed E-state index contributed by atoms with van der Waals surface area (Å²) >= 11 is 0. The van der Waals surface area contributed by atoms with Gasteiger partial charge in [-0.2, -0.15) is 0 Å². The second-order valence-corrected chi connectivity index (χ2v) is 4.61. The molecule has 90 valence electrons. The van der Waals surface area contributed by atoms with Crippen LogP contribution < -0.4 is 5.32 Å². The first-order valence-electron chi connectivity index (χ1n) is 5.68. The van der Waals surface area contributed by atoms with Crippen molar-refractivity contribution in [2.45, 2.75) is 45.2 Å². The molecular weight excluding hydrogens is 204 g/mol. The summed E-state index contributed by atoms with van der Waals surface area (Å²) in [5.41, 5.74) is -0.788. The van der Waals surface area contributed by atoms with Crippen molar-refractivity contribution >= 4 is 11.8 Å². The van der Waals surface area contributed by atoms with E-state index in [9.17, 15) is 9.59 Å². The fraction of sp³-hybridized carbons (Fsp3) is 0.667. The Morgan fingerprint density at radius 3 is 2.62 bits per heavy atom. The third-order valence-corrected chi connectivity index (χ3v) is 2.87. The molecule has 4 nitrogen and oxygen atoms in total. The van der Waals surface area contributed by atoms with Crippen molar-refractivity contribution in [2.24, 2.45) is 0 Å². The van der Waals surface area contributed by atoms with Crippen molar-refractivity contribution in [3.05, 3.63) is 12.7 Å². The molecule has 16 heavy (non-hydrogen) atoms. The monoisotopic (exact) mass is 224 g/mol. The van der Waals surface area contributed by atoms with E-state index in [1.165, 1.54) is 0 Å². The normalized spacial score (nSPS) is 24.2. The second kappa shape index (κ2) is 4.68. The van der Waals surface area contributed by atoms with Gasteiger partial charge in [0.15, 0.2) is 0 Å². The first-order chi connectivity index (χ1) is 7.44. The van der Waals surface area contributed by atoms with E-state index in [0.29, 0.717) is 19.4 Å². The summed E-state index contributed by atoms with van der Waals surface area (Å²) < 4.78 is 0. The maximum Gasteiger partial charge on any atom is 0.248 e. The molecule has 1 unspecified atom stereocenters. The van der Waals surface area contributed by atoms with Gasteiger partial charge in [-0.15, -0.1) is 6.58 Å². The highest BCUT2D eigenvalue weighted by atomic mass is 16.2. The lowest BCUT2D eigenvalue weighted by molar-refractivity contribution is -0.153. The van der Waals surface area contributed by atoms with Crippen LogP contribution in [0, 0.1) is 0 Å². The van der Waals surface area contributed by atoms with Gasteiger partial charge in [-0.05, 0) is 26.7 Å². The summed E-state index contributed by atoms with van der Waals surface area (Å²) in [7, 11) is 0. The predicted octanol–water partition coefficient (Wildman–Crippen LogP) is 1.08. The van der Waals surface area contributed by atoms with Gasteiger partial charge in [0.2, 0.25) is 11.8 Å². The SMILES string of the molecule is C=CCCN1C(=O)C(C)(C)NC(=O)C1CC. The van der Waals surface area contributed by atoms with Gasteiger partial charge < -0.3 is 10.2 Å². The number of rotatable bonds is 4. The Kier molecular flexibility index (Phi) is 3.73. The minimum atomic E-state index is -0.788. The van der Waals surface area contributed by atoms with Crippen LogP contribution in [0.3, 0.4) is 0 Å². The Balaban J connectivity index is 2.91. The summed E-state index contributed by atoms with van der Waals surface area (Å²) in [6.45, 7) is 9.59. The highest BCUT2D eigenvalue weighted by molar-refractivity contribution is 5.99. The second-order valence-electron chi connectivity index (χ2n) is 4.61. The zero-order valence-electron chi connectivity index (χ0n) is 10.2. The molecule has 1 aliphatic heterocycles. The highest BCUT2D eigenvalue weighted by Crippen LogP contribution is 2.20. The molecule has 0 aromatic rings. The molecule has 2 amide bonds. The van der Waals surface area contributed by atoms with Crippen LogP contribution in [0.15, 0.2) is 12.7 Å². The maximum atomic E-state index is 12.1. The zero-order chi connectivity index (χ0) is 12.3. The molecule has 0 spiro atoms. The molecule has 1 rings (SSSR count). The summed E-state index contributed by atoms with van der Waals surface area (Å²) in [6.07, 6.45) is 3.12. The van der Waals surface area contributed by atoms with Crippen LogP contribution in [0.5, 0.6) is 0 Å². The van der Waals surface area contributed by atoms with Gasteiger partial charge in [-0.25, -0.2) is 0 Å². The summed E-state index contributed by atoms with van der Waals surface area (Å²) in [4.78, 5) is 25.6. The molecule has 1 N–H and O–H groups in total. The number of piperazine rings is 1. The van der Waals surface area contributed by atoms with Crippen LogP contribution in [0.2, 0.25) is 0 Å². The van der Waals surface area contributed by atoms with Crippen molar-refractivity contribution in [2.75, 3.05) is 6.54 Å². The number of nitrogens with zero attached hydrogens (tertiary/aromatic N) is 1. The van der Waals surface area contributed by atoms with Crippen LogP contribution >= 0.6 is 0 Å². The molecule has 0 radical (unpaired) electrons. The lowest BCUT2D eigenvalue weighted by Crippen LogP contribution is -2.67. The number of hydrogen-bond donors (Lipinski definition) is 1. The molecule has 0 aromatic heterocycles. The topological polar surface area (TPSA) is 49.4 Å². The molecule has 4 heteroatoms. The van der Waals surface area contributed by atoms with E-state index in [0.717, 1.165) is 0 Å². The van der Waals surface area contributed by atoms with Crippen LogP contribution in [-0.2, 0) is 9.59 Å². The predicted molar refractivity (Wildman–Crippen MR) is 62.8 cm³/mol. The Morgan fingerprint density at radius 1 is 1.50 bits per heavy atom. The van der Waals surface area contributed by atoms with Gasteiger partial charge in [0.1, 0.15) is 11.6 Å². The average molecular weight is 224 g/mol. The molecule has 0 aliphatic carbocycles. The van der Waals surface area contributed by atoms with Crippen LogP contribution in [-0.4, -0.2) is 34.8 Å². The van der Waals surface area contributed by atoms with Crippen LogP contribution in [0.4, 0.5) is 0 Å². The largest absolute Gasteiger partial charge is 0.340 e. The van der Waals surface area contributed by atoms with Gasteiger partial charge in [-0.1, -0.05) is 13.0 Å². The van der Waals surface area contributed by atoms with E-state index < -0.39 is 5.54 Å². The fourth-order valence-electron chi connectivity index (χ4n) is 1.98. The molecular formula is C12H20N2O2. The van der Waals surface area contributed by atoms with Crippen molar-refractivity contribution in [1.82, 2.24) is 10.2 Å². The Labute approximate surface area is 96.7 Å². The van der Waals surface area contributed by atoms with Gasteiger partial charge in [0.05, 0.1) is 0 Å². The Morgan fingerprint density at radius 2 is 2.12 bits per heavy atom. The smallest absolute Gasteiger partial charge is 0.248 e. The maximum absolute atomic E-state index is 12.1. The fourth-order valence-corrected chi connectivity index (χ4v) is 1.98.